The van der Waals surface area contributed by atoms with E-state index in [0.29, 0.717) is 5.95 Å². The first-order valence-corrected chi connectivity index (χ1v) is 6.21. The number of hydrogen-bond donors (Lipinski definition) is 1. The predicted molar refractivity (Wildman–Crippen MR) is 70.5 cm³/mol. The number of pyridine rings is 1. The first-order chi connectivity index (χ1) is 9.31. The van der Waals surface area contributed by atoms with Crippen molar-refractivity contribution in [3.63, 3.8) is 0 Å². The van der Waals surface area contributed by atoms with Crippen molar-refractivity contribution in [2.75, 3.05) is 23.3 Å². The number of nitrogens with one attached hydrogen (secondary N) is 1. The van der Waals surface area contributed by atoms with Crippen LogP contribution < -0.4 is 10.2 Å². The van der Waals surface area contributed by atoms with E-state index in [4.69, 9.17) is 0 Å². The van der Waals surface area contributed by atoms with E-state index in [1.54, 1.807) is 6.20 Å². The van der Waals surface area contributed by atoms with Crippen LogP contribution >= 0.6 is 0 Å². The summed E-state index contributed by atoms with van der Waals surface area (Å²) in [5, 5.41) is 3.21. The van der Waals surface area contributed by atoms with Gasteiger partial charge in [-0.2, -0.15) is 0 Å². The first kappa shape index (κ1) is 11.8. The molecule has 5 nitrogen and oxygen atoms in total. The van der Waals surface area contributed by atoms with Crippen LogP contribution in [0.1, 0.15) is 6.42 Å². The summed E-state index contributed by atoms with van der Waals surface area (Å²) in [5.41, 5.74) is 0. The molecule has 1 saturated heterocycles. The highest BCUT2D eigenvalue weighted by atomic mass is 19.1. The fourth-order valence-corrected chi connectivity index (χ4v) is 2.20. The highest BCUT2D eigenvalue weighted by Crippen LogP contribution is 2.19. The van der Waals surface area contributed by atoms with Crippen LogP contribution in [0.5, 0.6) is 0 Å². The Bertz CT molecular complexity index is 530. The molecule has 0 aromatic carbocycles. The van der Waals surface area contributed by atoms with Gasteiger partial charge < -0.3 is 10.2 Å². The Kier molecular flexibility index (Phi) is 3.22. The molecule has 1 aliphatic rings. The maximum absolute atomic E-state index is 12.7. The summed E-state index contributed by atoms with van der Waals surface area (Å²) in [6.07, 6.45) is 5.11. The topological polar surface area (TPSA) is 53.9 Å². The fraction of sp³-hybridized carbons (Fsp3) is 0.308. The van der Waals surface area contributed by atoms with E-state index < -0.39 is 5.82 Å². The maximum Gasteiger partial charge on any atom is 0.223 e. The second kappa shape index (κ2) is 5.17. The Morgan fingerprint density at radius 3 is 2.79 bits per heavy atom. The molecule has 0 radical (unpaired) electrons. The second-order valence-electron chi connectivity index (χ2n) is 4.49. The number of rotatable bonds is 3. The second-order valence-corrected chi connectivity index (χ2v) is 4.49. The lowest BCUT2D eigenvalue weighted by molar-refractivity contribution is 0.613. The minimum atomic E-state index is -0.424. The Hall–Kier alpha value is -2.24. The summed E-state index contributed by atoms with van der Waals surface area (Å²) < 4.78 is 12.7. The van der Waals surface area contributed by atoms with Gasteiger partial charge in [0.15, 0.2) is 5.82 Å². The highest BCUT2D eigenvalue weighted by molar-refractivity contribution is 5.41. The van der Waals surface area contributed by atoms with Gasteiger partial charge in [-0.15, -0.1) is 0 Å². The van der Waals surface area contributed by atoms with Gasteiger partial charge in [0.05, 0.1) is 12.4 Å². The average Bonchev–Trinajstić information content (AvgIpc) is 2.91. The van der Waals surface area contributed by atoms with Crippen molar-refractivity contribution in [3.8, 4) is 0 Å². The summed E-state index contributed by atoms with van der Waals surface area (Å²) in [4.78, 5) is 14.4. The molecule has 0 unspecified atom stereocenters. The molecule has 2 aromatic heterocycles. The summed E-state index contributed by atoms with van der Waals surface area (Å²) in [6.45, 7) is 1.79. The first-order valence-electron chi connectivity index (χ1n) is 6.21. The van der Waals surface area contributed by atoms with E-state index in [-0.39, 0.29) is 6.04 Å². The zero-order chi connectivity index (χ0) is 13.1. The Balaban J connectivity index is 1.62. The van der Waals surface area contributed by atoms with Crippen LogP contribution in [0, 0.1) is 5.82 Å². The maximum atomic E-state index is 12.7. The van der Waals surface area contributed by atoms with Gasteiger partial charge in [-0.1, -0.05) is 6.07 Å². The summed E-state index contributed by atoms with van der Waals surface area (Å²) in [5.74, 6) is 1.02. The average molecular weight is 259 g/mol. The molecule has 2 aromatic rings. The molecule has 3 heterocycles. The molecular formula is C13H14FN5. The van der Waals surface area contributed by atoms with Crippen LogP contribution in [0.2, 0.25) is 0 Å². The van der Waals surface area contributed by atoms with Crippen molar-refractivity contribution in [1.82, 2.24) is 15.0 Å². The standard InChI is InChI=1S/C13H14FN5/c14-10-7-16-13(17-8-10)18-11-4-6-19(9-11)12-3-1-2-5-15-12/h1-3,5,7-8,11H,4,6,9H2,(H,16,17,18)/t11-/m1/s1. The van der Waals surface area contributed by atoms with E-state index in [2.05, 4.69) is 25.2 Å². The molecule has 6 heteroatoms. The van der Waals surface area contributed by atoms with E-state index in [1.165, 1.54) is 12.4 Å². The highest BCUT2D eigenvalue weighted by Gasteiger charge is 2.23. The molecule has 0 bridgehead atoms. The van der Waals surface area contributed by atoms with Crippen molar-refractivity contribution in [2.24, 2.45) is 0 Å². The third-order valence-electron chi connectivity index (χ3n) is 3.12. The monoisotopic (exact) mass is 259 g/mol. The van der Waals surface area contributed by atoms with E-state index in [1.807, 2.05) is 18.2 Å². The quantitative estimate of drug-likeness (QED) is 0.909. The molecule has 1 fully saturated rings. The Morgan fingerprint density at radius 2 is 2.05 bits per heavy atom. The van der Waals surface area contributed by atoms with Crippen molar-refractivity contribution < 1.29 is 4.39 Å². The molecule has 1 N–H and O–H groups in total. The van der Waals surface area contributed by atoms with Crippen LogP contribution in [0.15, 0.2) is 36.8 Å². The smallest absolute Gasteiger partial charge is 0.223 e. The molecule has 1 aliphatic heterocycles. The minimum Gasteiger partial charge on any atom is -0.354 e. The van der Waals surface area contributed by atoms with Gasteiger partial charge in [-0.25, -0.2) is 19.3 Å². The minimum absolute atomic E-state index is 0.257. The lowest BCUT2D eigenvalue weighted by Gasteiger charge is -2.17. The van der Waals surface area contributed by atoms with Crippen LogP contribution in [-0.2, 0) is 0 Å². The lowest BCUT2D eigenvalue weighted by Crippen LogP contribution is -2.27. The molecule has 0 amide bonds. The zero-order valence-electron chi connectivity index (χ0n) is 10.3. The SMILES string of the molecule is Fc1cnc(N[C@@H]2CCN(c3ccccn3)C2)nc1. The third kappa shape index (κ3) is 2.78. The normalized spacial score (nSPS) is 18.6. The molecule has 3 rings (SSSR count). The fourth-order valence-electron chi connectivity index (χ4n) is 2.20. The van der Waals surface area contributed by atoms with Gasteiger partial charge in [0.1, 0.15) is 5.82 Å². The zero-order valence-corrected chi connectivity index (χ0v) is 10.3. The van der Waals surface area contributed by atoms with Gasteiger partial charge >= 0.3 is 0 Å². The number of nitrogens with zero attached hydrogens (tertiary/aromatic N) is 4. The lowest BCUT2D eigenvalue weighted by atomic mass is 10.3. The van der Waals surface area contributed by atoms with Crippen LogP contribution in [0.25, 0.3) is 0 Å². The number of anilines is 2. The van der Waals surface area contributed by atoms with Crippen LogP contribution in [0.3, 0.4) is 0 Å². The van der Waals surface area contributed by atoms with Crippen molar-refractivity contribution >= 4 is 11.8 Å². The van der Waals surface area contributed by atoms with E-state index >= 15 is 0 Å². The number of halogens is 1. The van der Waals surface area contributed by atoms with Gasteiger partial charge in [0.25, 0.3) is 0 Å². The third-order valence-corrected chi connectivity index (χ3v) is 3.12. The molecule has 1 atom stereocenters. The molecular weight excluding hydrogens is 245 g/mol. The van der Waals surface area contributed by atoms with Crippen LogP contribution in [-0.4, -0.2) is 34.1 Å². The summed E-state index contributed by atoms with van der Waals surface area (Å²) in [7, 11) is 0. The largest absolute Gasteiger partial charge is 0.354 e. The predicted octanol–water partition coefficient (Wildman–Crippen LogP) is 1.70. The Labute approximate surface area is 110 Å². The molecule has 0 spiro atoms. The summed E-state index contributed by atoms with van der Waals surface area (Å²) >= 11 is 0. The molecule has 0 saturated carbocycles. The molecule has 19 heavy (non-hydrogen) atoms. The van der Waals surface area contributed by atoms with E-state index in [9.17, 15) is 4.39 Å². The van der Waals surface area contributed by atoms with Gasteiger partial charge in [-0.05, 0) is 18.6 Å². The number of hydrogen-bond acceptors (Lipinski definition) is 5. The molecule has 98 valence electrons. The number of aromatic nitrogens is 3. The van der Waals surface area contributed by atoms with Crippen molar-refractivity contribution in [2.45, 2.75) is 12.5 Å². The van der Waals surface area contributed by atoms with Gasteiger partial charge in [0.2, 0.25) is 5.95 Å². The van der Waals surface area contributed by atoms with E-state index in [0.717, 1.165) is 25.3 Å². The van der Waals surface area contributed by atoms with Crippen molar-refractivity contribution in [3.05, 3.63) is 42.6 Å². The van der Waals surface area contributed by atoms with Gasteiger partial charge in [0, 0.05) is 25.3 Å². The van der Waals surface area contributed by atoms with Crippen molar-refractivity contribution in [1.29, 1.82) is 0 Å². The Morgan fingerprint density at radius 1 is 1.21 bits per heavy atom. The molecule has 0 aliphatic carbocycles. The van der Waals surface area contributed by atoms with Crippen LogP contribution in [0.4, 0.5) is 16.2 Å². The summed E-state index contributed by atoms with van der Waals surface area (Å²) in [6, 6.07) is 6.14. The van der Waals surface area contributed by atoms with Gasteiger partial charge in [-0.3, -0.25) is 0 Å².